The summed E-state index contributed by atoms with van der Waals surface area (Å²) in [6, 6.07) is 5.87. The molecule has 124 valence electrons. The molecule has 0 unspecified atom stereocenters. The van der Waals surface area contributed by atoms with Crippen LogP contribution in [-0.2, 0) is 4.79 Å². The monoisotopic (exact) mass is 330 g/mol. The van der Waals surface area contributed by atoms with Crippen molar-refractivity contribution in [2.24, 2.45) is 5.73 Å². The highest BCUT2D eigenvalue weighted by Crippen LogP contribution is 2.28. The maximum atomic E-state index is 12.7. The molecule has 0 heterocycles. The third-order valence-corrected chi connectivity index (χ3v) is 3.99. The van der Waals surface area contributed by atoms with Crippen molar-refractivity contribution in [1.29, 1.82) is 0 Å². The van der Waals surface area contributed by atoms with Crippen LogP contribution in [0.2, 0.25) is 0 Å². The number of amides is 1. The van der Waals surface area contributed by atoms with Crippen molar-refractivity contribution in [3.05, 3.63) is 30.1 Å². The third-order valence-electron chi connectivity index (χ3n) is 3.99. The molecule has 2 rings (SSSR count). The van der Waals surface area contributed by atoms with E-state index in [0.717, 1.165) is 25.7 Å². The van der Waals surface area contributed by atoms with Crippen molar-refractivity contribution in [3.8, 4) is 5.75 Å². The van der Waals surface area contributed by atoms with E-state index in [2.05, 4.69) is 5.32 Å². The summed E-state index contributed by atoms with van der Waals surface area (Å²) >= 11 is 0. The van der Waals surface area contributed by atoms with Crippen LogP contribution in [0, 0.1) is 5.82 Å². The summed E-state index contributed by atoms with van der Waals surface area (Å²) in [4.78, 5) is 11.9. The molecule has 0 saturated heterocycles. The molecule has 22 heavy (non-hydrogen) atoms. The maximum Gasteiger partial charge on any atom is 0.220 e. The highest BCUT2D eigenvalue weighted by Gasteiger charge is 2.33. The van der Waals surface area contributed by atoms with Gasteiger partial charge in [-0.05, 0) is 43.5 Å². The Hall–Kier alpha value is -1.33. The molecule has 0 aliphatic heterocycles. The third kappa shape index (κ3) is 5.46. The zero-order valence-electron chi connectivity index (χ0n) is 12.6. The summed E-state index contributed by atoms with van der Waals surface area (Å²) in [6.45, 7) is 0.944. The van der Waals surface area contributed by atoms with Gasteiger partial charge in [-0.2, -0.15) is 0 Å². The van der Waals surface area contributed by atoms with Crippen LogP contribution in [0.15, 0.2) is 24.3 Å². The number of carbonyl (C=O) groups excluding carboxylic acids is 1. The summed E-state index contributed by atoms with van der Waals surface area (Å²) in [7, 11) is 0. The fourth-order valence-corrected chi connectivity index (χ4v) is 2.74. The van der Waals surface area contributed by atoms with Crippen LogP contribution in [0.25, 0.3) is 0 Å². The first-order chi connectivity index (χ1) is 10.1. The molecule has 1 aliphatic rings. The van der Waals surface area contributed by atoms with Gasteiger partial charge in [-0.25, -0.2) is 4.39 Å². The molecule has 1 aromatic rings. The van der Waals surface area contributed by atoms with Gasteiger partial charge in [0.05, 0.1) is 12.1 Å². The van der Waals surface area contributed by atoms with E-state index in [1.807, 2.05) is 0 Å². The zero-order chi connectivity index (χ0) is 15.1. The Morgan fingerprint density at radius 3 is 2.50 bits per heavy atom. The van der Waals surface area contributed by atoms with E-state index in [1.54, 1.807) is 12.1 Å². The van der Waals surface area contributed by atoms with E-state index >= 15 is 0 Å². The van der Waals surface area contributed by atoms with E-state index in [1.165, 1.54) is 12.1 Å². The van der Waals surface area contributed by atoms with Gasteiger partial charge in [0.15, 0.2) is 0 Å². The molecule has 1 saturated carbocycles. The van der Waals surface area contributed by atoms with Crippen molar-refractivity contribution in [2.75, 3.05) is 13.2 Å². The lowest BCUT2D eigenvalue weighted by molar-refractivity contribution is -0.123. The normalized spacial score (nSPS) is 15.9. The molecule has 1 aromatic carbocycles. The highest BCUT2D eigenvalue weighted by atomic mass is 35.5. The number of benzene rings is 1. The fraction of sp³-hybridized carbons (Fsp3) is 0.562. The number of rotatable bonds is 7. The van der Waals surface area contributed by atoms with Gasteiger partial charge in [-0.1, -0.05) is 12.8 Å². The Morgan fingerprint density at radius 2 is 1.91 bits per heavy atom. The quantitative estimate of drug-likeness (QED) is 0.756. The second-order valence-electron chi connectivity index (χ2n) is 5.65. The Balaban J connectivity index is 0.00000242. The molecule has 1 amide bonds. The van der Waals surface area contributed by atoms with Gasteiger partial charge >= 0.3 is 0 Å². The predicted molar refractivity (Wildman–Crippen MR) is 86.8 cm³/mol. The van der Waals surface area contributed by atoms with Crippen LogP contribution >= 0.6 is 12.4 Å². The molecular formula is C16H24ClFN2O2. The zero-order valence-corrected chi connectivity index (χ0v) is 13.5. The van der Waals surface area contributed by atoms with Gasteiger partial charge in [0.1, 0.15) is 11.6 Å². The highest BCUT2D eigenvalue weighted by molar-refractivity contribution is 5.85. The van der Waals surface area contributed by atoms with Gasteiger partial charge in [0, 0.05) is 13.0 Å². The van der Waals surface area contributed by atoms with E-state index in [4.69, 9.17) is 10.5 Å². The van der Waals surface area contributed by atoms with Crippen molar-refractivity contribution in [2.45, 2.75) is 44.1 Å². The van der Waals surface area contributed by atoms with Gasteiger partial charge < -0.3 is 15.8 Å². The van der Waals surface area contributed by atoms with E-state index in [9.17, 15) is 9.18 Å². The molecular weight excluding hydrogens is 307 g/mol. The van der Waals surface area contributed by atoms with Gasteiger partial charge in [0.25, 0.3) is 0 Å². The van der Waals surface area contributed by atoms with Gasteiger partial charge in [-0.3, -0.25) is 4.79 Å². The molecule has 1 aliphatic carbocycles. The van der Waals surface area contributed by atoms with E-state index in [-0.39, 0.29) is 29.7 Å². The second-order valence-corrected chi connectivity index (χ2v) is 5.65. The molecule has 1 fully saturated rings. The van der Waals surface area contributed by atoms with Crippen LogP contribution < -0.4 is 15.8 Å². The first kappa shape index (κ1) is 18.7. The average molecular weight is 331 g/mol. The number of hydrogen-bond acceptors (Lipinski definition) is 3. The number of carbonyl (C=O) groups is 1. The summed E-state index contributed by atoms with van der Waals surface area (Å²) in [5, 5.41) is 3.08. The largest absolute Gasteiger partial charge is 0.494 e. The number of halogens is 2. The van der Waals surface area contributed by atoms with Crippen molar-refractivity contribution in [1.82, 2.24) is 5.32 Å². The van der Waals surface area contributed by atoms with E-state index in [0.29, 0.717) is 31.7 Å². The van der Waals surface area contributed by atoms with Crippen LogP contribution in [-0.4, -0.2) is 24.6 Å². The molecule has 4 nitrogen and oxygen atoms in total. The minimum Gasteiger partial charge on any atom is -0.494 e. The lowest BCUT2D eigenvalue weighted by atomic mass is 9.97. The van der Waals surface area contributed by atoms with Crippen LogP contribution in [0.4, 0.5) is 4.39 Å². The van der Waals surface area contributed by atoms with Crippen molar-refractivity contribution < 1.29 is 13.9 Å². The second kappa shape index (κ2) is 8.96. The fourth-order valence-electron chi connectivity index (χ4n) is 2.74. The lowest BCUT2D eigenvalue weighted by Crippen LogP contribution is -2.51. The van der Waals surface area contributed by atoms with Gasteiger partial charge in [-0.15, -0.1) is 12.4 Å². The van der Waals surface area contributed by atoms with Gasteiger partial charge in [0.2, 0.25) is 5.91 Å². The van der Waals surface area contributed by atoms with E-state index < -0.39 is 0 Å². The summed E-state index contributed by atoms with van der Waals surface area (Å²) in [6.07, 6.45) is 5.26. The topological polar surface area (TPSA) is 64.3 Å². The molecule has 0 radical (unpaired) electrons. The first-order valence-electron chi connectivity index (χ1n) is 7.53. The SMILES string of the molecule is Cl.NCC1(NC(=O)CCCOc2ccc(F)cc2)CCCC1. The Kier molecular flexibility index (Phi) is 7.62. The smallest absolute Gasteiger partial charge is 0.220 e. The molecule has 0 atom stereocenters. The lowest BCUT2D eigenvalue weighted by Gasteiger charge is -2.28. The summed E-state index contributed by atoms with van der Waals surface area (Å²) < 4.78 is 18.2. The minimum atomic E-state index is -0.287. The number of ether oxygens (including phenoxy) is 1. The summed E-state index contributed by atoms with van der Waals surface area (Å²) in [5.41, 5.74) is 5.60. The van der Waals surface area contributed by atoms with Crippen LogP contribution in [0.1, 0.15) is 38.5 Å². The molecule has 0 bridgehead atoms. The van der Waals surface area contributed by atoms with Crippen LogP contribution in [0.5, 0.6) is 5.75 Å². The molecule has 0 spiro atoms. The number of nitrogens with one attached hydrogen (secondary N) is 1. The average Bonchev–Trinajstić information content (AvgIpc) is 2.94. The maximum absolute atomic E-state index is 12.7. The predicted octanol–water partition coefficient (Wildman–Crippen LogP) is 2.79. The Bertz CT molecular complexity index is 462. The van der Waals surface area contributed by atoms with Crippen molar-refractivity contribution >= 4 is 18.3 Å². The standard InChI is InChI=1S/C16H23FN2O2.ClH/c17-13-5-7-14(8-6-13)21-11-3-4-15(20)19-16(12-18)9-1-2-10-16;/h5-8H,1-4,9-12,18H2,(H,19,20);1H. The first-order valence-corrected chi connectivity index (χ1v) is 7.53. The number of hydrogen-bond donors (Lipinski definition) is 2. The number of nitrogens with two attached hydrogens (primary N) is 1. The summed E-state index contributed by atoms with van der Waals surface area (Å²) in [5.74, 6) is 0.362. The Labute approximate surface area is 137 Å². The van der Waals surface area contributed by atoms with Crippen molar-refractivity contribution in [3.63, 3.8) is 0 Å². The molecule has 0 aromatic heterocycles. The Morgan fingerprint density at radius 1 is 1.27 bits per heavy atom. The van der Waals surface area contributed by atoms with Crippen LogP contribution in [0.3, 0.4) is 0 Å². The molecule has 6 heteroatoms. The molecule has 3 N–H and O–H groups in total. The minimum absolute atomic E-state index is 0.